The molecule has 16 heteroatoms. The van der Waals surface area contributed by atoms with E-state index in [2.05, 4.69) is 15.2 Å². The Morgan fingerprint density at radius 3 is 2.26 bits per heavy atom. The van der Waals surface area contributed by atoms with Crippen LogP contribution in [0.2, 0.25) is 10.0 Å². The van der Waals surface area contributed by atoms with Gasteiger partial charge in [-0.2, -0.15) is 22.0 Å². The molecule has 38 heavy (non-hydrogen) atoms. The second-order valence-electron chi connectivity index (χ2n) is 8.16. The van der Waals surface area contributed by atoms with Crippen LogP contribution in [0.1, 0.15) is 18.6 Å². The monoisotopic (exact) mass is 580 g/mol. The van der Waals surface area contributed by atoms with E-state index in [1.165, 1.54) is 36.4 Å². The van der Waals surface area contributed by atoms with Crippen molar-refractivity contribution in [3.05, 3.63) is 80.5 Å². The van der Waals surface area contributed by atoms with Gasteiger partial charge >= 0.3 is 17.8 Å². The number of benzene rings is 2. The number of aliphatic hydroxyl groups is 1. The molecule has 2 heterocycles. The summed E-state index contributed by atoms with van der Waals surface area (Å²) in [6.07, 6.45) is -7.95. The van der Waals surface area contributed by atoms with Crippen molar-refractivity contribution in [3.8, 4) is 17.1 Å². The Labute approximate surface area is 219 Å². The Hall–Kier alpha value is -3.36. The van der Waals surface area contributed by atoms with Gasteiger partial charge in [-0.15, -0.1) is 10.2 Å². The van der Waals surface area contributed by atoms with E-state index < -0.39 is 60.1 Å². The molecule has 1 N–H and O–H groups in total. The van der Waals surface area contributed by atoms with Gasteiger partial charge in [0.2, 0.25) is 5.82 Å². The van der Waals surface area contributed by atoms with Gasteiger partial charge in [-0.05, 0) is 36.4 Å². The summed E-state index contributed by atoms with van der Waals surface area (Å²) in [5.74, 6) is -6.32. The summed E-state index contributed by atoms with van der Waals surface area (Å²) < 4.78 is 84.0. The van der Waals surface area contributed by atoms with Gasteiger partial charge in [0.25, 0.3) is 0 Å². The molecule has 8 nitrogen and oxygen atoms in total. The maximum Gasteiger partial charge on any atom is 0.416 e. The van der Waals surface area contributed by atoms with Crippen molar-refractivity contribution in [1.82, 2.24) is 29.1 Å². The van der Waals surface area contributed by atoms with Crippen LogP contribution in [-0.4, -0.2) is 46.5 Å². The van der Waals surface area contributed by atoms with Crippen LogP contribution in [0.3, 0.4) is 0 Å². The topological polar surface area (TPSA) is 90.8 Å². The molecule has 2 aromatic carbocycles. The van der Waals surface area contributed by atoms with E-state index in [0.29, 0.717) is 25.9 Å². The lowest BCUT2D eigenvalue weighted by Crippen LogP contribution is -2.37. The molecule has 0 spiro atoms. The van der Waals surface area contributed by atoms with Gasteiger partial charge in [-0.25, -0.2) is 23.5 Å². The van der Waals surface area contributed by atoms with E-state index >= 15 is 0 Å². The van der Waals surface area contributed by atoms with Gasteiger partial charge in [-0.1, -0.05) is 29.3 Å². The third-order valence-electron chi connectivity index (χ3n) is 5.24. The highest BCUT2D eigenvalue weighted by Gasteiger charge is 2.39. The Morgan fingerprint density at radius 2 is 1.68 bits per heavy atom. The summed E-state index contributed by atoms with van der Waals surface area (Å²) in [6.45, 7) is -1.40. The summed E-state index contributed by atoms with van der Waals surface area (Å²) in [6, 6.07) is 9.04. The number of alkyl halides is 5. The number of rotatable bonds is 7. The summed E-state index contributed by atoms with van der Waals surface area (Å²) in [5.41, 5.74) is -1.46. The normalized spacial score (nSPS) is 13.2. The first-order valence-corrected chi connectivity index (χ1v) is 11.4. The van der Waals surface area contributed by atoms with E-state index in [1.807, 2.05) is 0 Å². The third-order valence-corrected chi connectivity index (χ3v) is 5.80. The molecule has 0 saturated carbocycles. The molecule has 0 amide bonds. The van der Waals surface area contributed by atoms with Crippen LogP contribution >= 0.6 is 23.2 Å². The lowest BCUT2D eigenvalue weighted by atomic mass is 10.2. The Balaban J connectivity index is 1.82. The number of hydrogen-bond donors (Lipinski definition) is 1. The lowest BCUT2D eigenvalue weighted by molar-refractivity contribution is -0.207. The third kappa shape index (κ3) is 5.56. The quantitative estimate of drug-likeness (QED) is 0.316. The minimum absolute atomic E-state index is 0.178. The van der Waals surface area contributed by atoms with Crippen LogP contribution in [0.15, 0.2) is 47.3 Å². The summed E-state index contributed by atoms with van der Waals surface area (Å²) in [4.78, 5) is 16.8. The van der Waals surface area contributed by atoms with Crippen LogP contribution in [0.5, 0.6) is 0 Å². The van der Waals surface area contributed by atoms with E-state index in [-0.39, 0.29) is 16.4 Å². The largest absolute Gasteiger partial charge is 0.416 e. The van der Waals surface area contributed by atoms with Crippen LogP contribution in [-0.2, 0) is 19.0 Å². The predicted octanol–water partition coefficient (Wildman–Crippen LogP) is 4.82. The van der Waals surface area contributed by atoms with Crippen LogP contribution in [0, 0.1) is 5.82 Å². The fourth-order valence-electron chi connectivity index (χ4n) is 3.48. The van der Waals surface area contributed by atoms with Gasteiger partial charge in [0.05, 0.1) is 11.6 Å². The van der Waals surface area contributed by atoms with Crippen molar-refractivity contribution in [3.63, 3.8) is 0 Å². The van der Waals surface area contributed by atoms with Gasteiger partial charge in [0.15, 0.2) is 17.8 Å². The molecule has 202 valence electrons. The maximum atomic E-state index is 14.5. The molecule has 1 unspecified atom stereocenters. The number of aliphatic hydroxyl groups excluding tert-OH is 1. The molecular weight excluding hydrogens is 565 g/mol. The average molecular weight is 581 g/mol. The highest BCUT2D eigenvalue weighted by Crippen LogP contribution is 2.31. The van der Waals surface area contributed by atoms with Gasteiger partial charge in [0.1, 0.15) is 18.0 Å². The first-order valence-electron chi connectivity index (χ1n) is 10.6. The molecule has 0 saturated heterocycles. The van der Waals surface area contributed by atoms with Crippen molar-refractivity contribution in [2.45, 2.75) is 38.2 Å². The second kappa shape index (κ2) is 10.1. The molecule has 0 aliphatic heterocycles. The molecule has 0 aliphatic rings. The van der Waals surface area contributed by atoms with Crippen molar-refractivity contribution in [2.24, 2.45) is 0 Å². The molecule has 1 atom stereocenters. The highest BCUT2D eigenvalue weighted by molar-refractivity contribution is 6.32. The van der Waals surface area contributed by atoms with E-state index in [4.69, 9.17) is 23.2 Å². The number of halogens is 8. The second-order valence-corrected chi connectivity index (χ2v) is 9.00. The molecule has 4 aromatic rings. The van der Waals surface area contributed by atoms with Gasteiger partial charge in [-0.3, -0.25) is 4.57 Å². The standard InChI is InChI=1S/C22H16Cl2F6N6O2/c1-21(26,27)19-31-16(32-36(19)17-13(24)3-2-4-14(17)25)10-35-20(38)34(9-15(37)22(28,29)30)18(33-35)11-5-7-12(23)8-6-11/h2-8,15,37H,9-10H2,1H3. The first-order chi connectivity index (χ1) is 17.7. The smallest absolute Gasteiger partial charge is 0.382 e. The molecule has 0 aliphatic carbocycles. The van der Waals surface area contributed by atoms with Crippen LogP contribution in [0.25, 0.3) is 17.1 Å². The van der Waals surface area contributed by atoms with Crippen LogP contribution < -0.4 is 5.69 Å². The zero-order valence-electron chi connectivity index (χ0n) is 19.1. The van der Waals surface area contributed by atoms with E-state index in [0.717, 1.165) is 6.07 Å². The zero-order valence-corrected chi connectivity index (χ0v) is 20.6. The van der Waals surface area contributed by atoms with Crippen molar-refractivity contribution < 1.29 is 31.4 Å². The van der Waals surface area contributed by atoms with E-state index in [1.54, 1.807) is 0 Å². The Bertz CT molecular complexity index is 1510. The first kappa shape index (κ1) is 27.7. The minimum Gasteiger partial charge on any atom is -0.382 e. The molecule has 0 fully saturated rings. The molecule has 0 bridgehead atoms. The fraction of sp³-hybridized carbons (Fsp3) is 0.273. The van der Waals surface area contributed by atoms with Gasteiger partial charge in [0, 0.05) is 17.5 Å². The number of hydrogen-bond acceptors (Lipinski definition) is 5. The summed E-state index contributed by atoms with van der Waals surface area (Å²) in [5, 5.41) is 17.5. The highest BCUT2D eigenvalue weighted by atomic mass is 35.5. The lowest BCUT2D eigenvalue weighted by Gasteiger charge is -2.15. The Morgan fingerprint density at radius 1 is 1.03 bits per heavy atom. The number of nitrogens with zero attached hydrogens (tertiary/aromatic N) is 6. The predicted molar refractivity (Wildman–Crippen MR) is 124 cm³/mol. The number of para-hydroxylation sites is 1. The molecule has 2 aromatic heterocycles. The Kier molecular flexibility index (Phi) is 7.34. The molecule has 4 rings (SSSR count). The summed E-state index contributed by atoms with van der Waals surface area (Å²) in [7, 11) is 0. The van der Waals surface area contributed by atoms with Crippen molar-refractivity contribution >= 4 is 23.2 Å². The van der Waals surface area contributed by atoms with Crippen molar-refractivity contribution in [1.29, 1.82) is 0 Å². The zero-order chi connectivity index (χ0) is 28.0. The summed E-state index contributed by atoms with van der Waals surface area (Å²) >= 11 is 11.9. The van der Waals surface area contributed by atoms with Crippen LogP contribution in [0.4, 0.5) is 26.3 Å². The molecular formula is C22H16Cl2F6N6O2. The maximum absolute atomic E-state index is 14.5. The molecule has 0 radical (unpaired) electrons. The number of aromatic nitrogens is 6. The SMILES string of the molecule is CC(F)(F)c1nc(Cn2nc(-c3ccc(Cl)cc3)n(CC(O)C(F)(F)F)c2=O)nn1-c1c(F)cccc1Cl. The van der Waals surface area contributed by atoms with Gasteiger partial charge < -0.3 is 5.11 Å². The van der Waals surface area contributed by atoms with Crippen molar-refractivity contribution in [2.75, 3.05) is 0 Å². The average Bonchev–Trinajstić information content (AvgIpc) is 3.36. The fourth-order valence-corrected chi connectivity index (χ4v) is 3.85. The van der Waals surface area contributed by atoms with E-state index in [9.17, 15) is 36.2 Å². The minimum atomic E-state index is -5.04.